The molecule has 0 radical (unpaired) electrons. The molecule has 1 aromatic rings. The number of rotatable bonds is 2. The van der Waals surface area contributed by atoms with E-state index in [1.165, 1.54) is 0 Å². The van der Waals surface area contributed by atoms with Crippen LogP contribution < -0.4 is 4.57 Å². The molecule has 1 rings (SSSR count). The van der Waals surface area contributed by atoms with Crippen LogP contribution in [0, 0.1) is 22.7 Å². The molecule has 0 spiro atoms. The summed E-state index contributed by atoms with van der Waals surface area (Å²) in [6.45, 7) is 0.645. The van der Waals surface area contributed by atoms with Gasteiger partial charge < -0.3 is 0 Å². The van der Waals surface area contributed by atoms with E-state index in [4.69, 9.17) is 10.5 Å². The fraction of sp³-hybridized carbons (Fsp3) is 0.222. The van der Waals surface area contributed by atoms with Crippen LogP contribution in [0.15, 0.2) is 24.5 Å². The molecule has 0 saturated heterocycles. The van der Waals surface area contributed by atoms with Gasteiger partial charge in [-0.1, -0.05) is 0 Å². The summed E-state index contributed by atoms with van der Waals surface area (Å²) >= 11 is 0. The van der Waals surface area contributed by atoms with Crippen LogP contribution in [0.1, 0.15) is 12.0 Å². The fourth-order valence-corrected chi connectivity index (χ4v) is 0.906. The maximum absolute atomic E-state index is 8.56. The van der Waals surface area contributed by atoms with E-state index >= 15 is 0 Å². The summed E-state index contributed by atoms with van der Waals surface area (Å²) in [5, 5.41) is 16.9. The highest BCUT2D eigenvalue weighted by molar-refractivity contribution is 5.21. The van der Waals surface area contributed by atoms with Gasteiger partial charge in [0.25, 0.3) is 0 Å². The molecule has 0 fully saturated rings. The molecule has 0 N–H and O–H groups in total. The third-order valence-corrected chi connectivity index (χ3v) is 1.47. The Morgan fingerprint density at radius 3 is 2.92 bits per heavy atom. The van der Waals surface area contributed by atoms with Crippen molar-refractivity contribution < 1.29 is 4.57 Å². The summed E-state index contributed by atoms with van der Waals surface area (Å²) in [5.41, 5.74) is 0.621. The molecular weight excluding hydrogens is 150 g/mol. The Morgan fingerprint density at radius 2 is 2.25 bits per heavy atom. The average molecular weight is 158 g/mol. The summed E-state index contributed by atoms with van der Waals surface area (Å²) in [6, 6.07) is 7.63. The molecule has 0 saturated carbocycles. The van der Waals surface area contributed by atoms with Crippen molar-refractivity contribution in [1.29, 1.82) is 10.5 Å². The Kier molecular flexibility index (Phi) is 2.81. The topological polar surface area (TPSA) is 51.5 Å². The Labute approximate surface area is 71.1 Å². The molecule has 3 heteroatoms. The molecule has 12 heavy (non-hydrogen) atoms. The van der Waals surface area contributed by atoms with E-state index in [1.807, 2.05) is 22.9 Å². The van der Waals surface area contributed by atoms with Crippen molar-refractivity contribution in [3.8, 4) is 12.1 Å². The molecule has 0 amide bonds. The summed E-state index contributed by atoms with van der Waals surface area (Å²) < 4.78 is 1.84. The van der Waals surface area contributed by atoms with Crippen molar-refractivity contribution in [3.63, 3.8) is 0 Å². The Bertz CT molecular complexity index is 344. The van der Waals surface area contributed by atoms with Crippen LogP contribution in [-0.2, 0) is 6.54 Å². The highest BCUT2D eigenvalue weighted by Crippen LogP contribution is 1.90. The van der Waals surface area contributed by atoms with Gasteiger partial charge in [-0.15, -0.1) is 0 Å². The lowest BCUT2D eigenvalue weighted by Crippen LogP contribution is -2.32. The zero-order valence-corrected chi connectivity index (χ0v) is 6.57. The minimum absolute atomic E-state index is 0.472. The molecule has 0 bridgehead atoms. The van der Waals surface area contributed by atoms with Crippen molar-refractivity contribution in [3.05, 3.63) is 30.1 Å². The van der Waals surface area contributed by atoms with Crippen molar-refractivity contribution >= 4 is 0 Å². The highest BCUT2D eigenvalue weighted by Gasteiger charge is 2.00. The van der Waals surface area contributed by atoms with Crippen molar-refractivity contribution in [1.82, 2.24) is 0 Å². The Balaban J connectivity index is 2.76. The largest absolute Gasteiger partial charge is 0.203 e. The normalized spacial score (nSPS) is 8.50. The molecule has 3 nitrogen and oxygen atoms in total. The molecule has 0 aliphatic rings. The van der Waals surface area contributed by atoms with Crippen LogP contribution in [0.4, 0.5) is 0 Å². The predicted octanol–water partition coefficient (Wildman–Crippen LogP) is 0.759. The van der Waals surface area contributed by atoms with E-state index < -0.39 is 0 Å². The van der Waals surface area contributed by atoms with Gasteiger partial charge in [-0.25, -0.2) is 4.57 Å². The summed E-state index contributed by atoms with van der Waals surface area (Å²) in [5.74, 6) is 0. The first-order chi connectivity index (χ1) is 5.86. The Morgan fingerprint density at radius 1 is 1.42 bits per heavy atom. The highest BCUT2D eigenvalue weighted by atomic mass is 14.9. The van der Waals surface area contributed by atoms with Gasteiger partial charge in [0.05, 0.1) is 12.5 Å². The molecule has 1 heterocycles. The number of pyridine rings is 1. The van der Waals surface area contributed by atoms with Crippen LogP contribution in [0.5, 0.6) is 0 Å². The van der Waals surface area contributed by atoms with Crippen LogP contribution in [-0.4, -0.2) is 0 Å². The van der Waals surface area contributed by atoms with Gasteiger partial charge in [-0.05, 0) is 6.07 Å². The summed E-state index contributed by atoms with van der Waals surface area (Å²) in [6.07, 6.45) is 4.05. The average Bonchev–Trinajstić information content (AvgIpc) is 2.15. The van der Waals surface area contributed by atoms with E-state index in [2.05, 4.69) is 0 Å². The van der Waals surface area contributed by atoms with Crippen LogP contribution >= 0.6 is 0 Å². The van der Waals surface area contributed by atoms with E-state index in [0.29, 0.717) is 18.5 Å². The van der Waals surface area contributed by atoms with Gasteiger partial charge in [0.2, 0.25) is 0 Å². The summed E-state index contributed by atoms with van der Waals surface area (Å²) in [7, 11) is 0. The number of aryl methyl sites for hydroxylation is 1. The van der Waals surface area contributed by atoms with Crippen LogP contribution in [0.25, 0.3) is 0 Å². The van der Waals surface area contributed by atoms with E-state index in [9.17, 15) is 0 Å². The predicted molar refractivity (Wildman–Crippen MR) is 41.6 cm³/mol. The second kappa shape index (κ2) is 4.10. The monoisotopic (exact) mass is 158 g/mol. The van der Waals surface area contributed by atoms with E-state index in [0.717, 1.165) is 0 Å². The van der Waals surface area contributed by atoms with Gasteiger partial charge in [-0.2, -0.15) is 10.5 Å². The second-order valence-corrected chi connectivity index (χ2v) is 2.35. The lowest BCUT2D eigenvalue weighted by Gasteiger charge is -1.90. The van der Waals surface area contributed by atoms with Gasteiger partial charge in [0, 0.05) is 6.07 Å². The van der Waals surface area contributed by atoms with Crippen LogP contribution in [0.3, 0.4) is 0 Å². The number of hydrogen-bond acceptors (Lipinski definition) is 2. The van der Waals surface area contributed by atoms with E-state index in [-0.39, 0.29) is 0 Å². The second-order valence-electron chi connectivity index (χ2n) is 2.35. The molecule has 0 atom stereocenters. The zero-order valence-electron chi connectivity index (χ0n) is 6.57. The maximum atomic E-state index is 8.56. The minimum atomic E-state index is 0.472. The molecule has 1 aromatic heterocycles. The fourth-order valence-electron chi connectivity index (χ4n) is 0.906. The smallest absolute Gasteiger partial charge is 0.186 e. The van der Waals surface area contributed by atoms with Crippen molar-refractivity contribution in [2.45, 2.75) is 13.0 Å². The molecule has 0 aromatic carbocycles. The quantitative estimate of drug-likeness (QED) is 0.596. The molecule has 0 unspecified atom stereocenters. The number of nitriles is 2. The SMILES string of the molecule is N#CCC[n+]1cccc(C#N)c1. The van der Waals surface area contributed by atoms with Crippen molar-refractivity contribution in [2.75, 3.05) is 0 Å². The standard InChI is InChI=1S/C9H8N3/c10-4-2-6-12-5-1-3-9(7-11)8-12/h1,3,5,8H,2,6H2/q+1. The maximum Gasteiger partial charge on any atom is 0.186 e. The third kappa shape index (κ3) is 2.07. The first kappa shape index (κ1) is 8.23. The van der Waals surface area contributed by atoms with Gasteiger partial charge in [-0.3, -0.25) is 0 Å². The molecule has 58 valence electrons. The number of aromatic nitrogens is 1. The minimum Gasteiger partial charge on any atom is -0.203 e. The molecular formula is C9H8N3+. The molecule has 0 aliphatic carbocycles. The van der Waals surface area contributed by atoms with Gasteiger partial charge in [0.1, 0.15) is 11.6 Å². The zero-order chi connectivity index (χ0) is 8.81. The third-order valence-electron chi connectivity index (χ3n) is 1.47. The van der Waals surface area contributed by atoms with E-state index in [1.54, 1.807) is 18.3 Å². The lowest BCUT2D eigenvalue weighted by molar-refractivity contribution is -0.696. The van der Waals surface area contributed by atoms with Gasteiger partial charge >= 0.3 is 0 Å². The molecule has 0 aliphatic heterocycles. The lowest BCUT2D eigenvalue weighted by atomic mass is 10.3. The van der Waals surface area contributed by atoms with Crippen LogP contribution in [0.2, 0.25) is 0 Å². The van der Waals surface area contributed by atoms with Gasteiger partial charge in [0.15, 0.2) is 18.9 Å². The Hall–Kier alpha value is -1.87. The first-order valence-electron chi connectivity index (χ1n) is 3.63. The summed E-state index contributed by atoms with van der Waals surface area (Å²) in [4.78, 5) is 0. The van der Waals surface area contributed by atoms with Crippen molar-refractivity contribution in [2.24, 2.45) is 0 Å². The number of nitrogens with zero attached hydrogens (tertiary/aromatic N) is 3. The number of hydrogen-bond donors (Lipinski definition) is 0. The first-order valence-corrected chi connectivity index (χ1v) is 3.63.